The number of carbonyl (C=O) groups is 1. The van der Waals surface area contributed by atoms with Gasteiger partial charge in [0.25, 0.3) is 0 Å². The topological polar surface area (TPSA) is 62.2 Å². The number of nitrogens with zero attached hydrogens (tertiary/aromatic N) is 1. The van der Waals surface area contributed by atoms with Gasteiger partial charge < -0.3 is 5.11 Å². The molecule has 1 amide bonds. The maximum Gasteiger partial charge on any atom is 0.410 e. The number of hydrogen-bond acceptors (Lipinski definition) is 2. The molecule has 0 saturated heterocycles. The van der Waals surface area contributed by atoms with Gasteiger partial charge in [0, 0.05) is 0 Å². The van der Waals surface area contributed by atoms with Gasteiger partial charge >= 0.3 is 12.3 Å². The highest BCUT2D eigenvalue weighted by Gasteiger charge is 2.29. The SMILES string of the molecule is O=C(O)Nc1ccc(CC(F)(F)F)c(Cl)n1. The molecule has 0 saturated carbocycles. The molecule has 0 aliphatic carbocycles. The lowest BCUT2D eigenvalue weighted by Gasteiger charge is -2.08. The summed E-state index contributed by atoms with van der Waals surface area (Å²) < 4.78 is 36.1. The van der Waals surface area contributed by atoms with Crippen molar-refractivity contribution < 1.29 is 23.1 Å². The molecule has 1 aromatic rings. The summed E-state index contributed by atoms with van der Waals surface area (Å²) in [5.74, 6) is -0.122. The van der Waals surface area contributed by atoms with Gasteiger partial charge in [-0.05, 0) is 11.6 Å². The van der Waals surface area contributed by atoms with Gasteiger partial charge in [0.05, 0.1) is 6.42 Å². The molecule has 0 aliphatic heterocycles. The monoisotopic (exact) mass is 254 g/mol. The molecule has 0 fully saturated rings. The van der Waals surface area contributed by atoms with E-state index in [0.29, 0.717) is 0 Å². The van der Waals surface area contributed by atoms with Crippen molar-refractivity contribution in [2.75, 3.05) is 5.32 Å². The first kappa shape index (κ1) is 12.6. The minimum absolute atomic E-state index is 0.122. The molecule has 0 spiro atoms. The summed E-state index contributed by atoms with van der Waals surface area (Å²) in [6, 6.07) is 2.19. The molecule has 0 aliphatic rings. The molecule has 1 heterocycles. The number of rotatable bonds is 2. The Kier molecular flexibility index (Phi) is 3.58. The lowest BCUT2D eigenvalue weighted by molar-refractivity contribution is -0.127. The first-order valence-electron chi connectivity index (χ1n) is 4.00. The second kappa shape index (κ2) is 4.56. The number of nitrogens with one attached hydrogen (secondary N) is 1. The van der Waals surface area contributed by atoms with Gasteiger partial charge in [-0.3, -0.25) is 5.32 Å². The summed E-state index contributed by atoms with van der Waals surface area (Å²) in [6.07, 6.45) is -6.95. The van der Waals surface area contributed by atoms with Crippen LogP contribution in [0, 0.1) is 0 Å². The highest BCUT2D eigenvalue weighted by Crippen LogP contribution is 2.25. The van der Waals surface area contributed by atoms with Gasteiger partial charge in [0.1, 0.15) is 11.0 Å². The summed E-state index contributed by atoms with van der Waals surface area (Å²) >= 11 is 5.47. The van der Waals surface area contributed by atoms with Crippen molar-refractivity contribution in [3.8, 4) is 0 Å². The second-order valence-electron chi connectivity index (χ2n) is 2.87. The Morgan fingerprint density at radius 2 is 2.12 bits per heavy atom. The van der Waals surface area contributed by atoms with Crippen molar-refractivity contribution in [3.63, 3.8) is 0 Å². The largest absolute Gasteiger partial charge is 0.465 e. The fourth-order valence-electron chi connectivity index (χ4n) is 0.990. The standard InChI is InChI=1S/C8H6ClF3N2O2/c9-6-4(3-8(10,11)12)1-2-5(13-6)14-7(15)16/h1-2H,3H2,(H,13,14)(H,15,16). The molecule has 0 radical (unpaired) electrons. The van der Waals surface area contributed by atoms with Crippen LogP contribution in [0.3, 0.4) is 0 Å². The van der Waals surface area contributed by atoms with Gasteiger partial charge in [-0.15, -0.1) is 0 Å². The molecule has 16 heavy (non-hydrogen) atoms. The van der Waals surface area contributed by atoms with Crippen LogP contribution in [0.25, 0.3) is 0 Å². The van der Waals surface area contributed by atoms with Crippen LogP contribution >= 0.6 is 11.6 Å². The van der Waals surface area contributed by atoms with Crippen LogP contribution in [0.1, 0.15) is 5.56 Å². The van der Waals surface area contributed by atoms with Crippen molar-refractivity contribution >= 4 is 23.5 Å². The van der Waals surface area contributed by atoms with Crippen molar-refractivity contribution in [3.05, 3.63) is 22.8 Å². The lowest BCUT2D eigenvalue weighted by Crippen LogP contribution is -2.13. The predicted octanol–water partition coefficient (Wildman–Crippen LogP) is 2.93. The molecule has 0 unspecified atom stereocenters. The van der Waals surface area contributed by atoms with Crippen LogP contribution in [0.15, 0.2) is 12.1 Å². The van der Waals surface area contributed by atoms with E-state index in [-0.39, 0.29) is 16.5 Å². The average Bonchev–Trinajstić information content (AvgIpc) is 2.06. The van der Waals surface area contributed by atoms with E-state index >= 15 is 0 Å². The third-order valence-corrected chi connectivity index (χ3v) is 1.88. The number of amides is 1. The zero-order chi connectivity index (χ0) is 12.3. The Morgan fingerprint density at radius 3 is 2.56 bits per heavy atom. The van der Waals surface area contributed by atoms with Gasteiger partial charge in [0.2, 0.25) is 0 Å². The molecule has 1 rings (SSSR count). The Bertz CT molecular complexity index is 409. The summed E-state index contributed by atoms with van der Waals surface area (Å²) in [6.45, 7) is 0. The molecular formula is C8H6ClF3N2O2. The Hall–Kier alpha value is -1.50. The van der Waals surface area contributed by atoms with Gasteiger partial charge in [-0.2, -0.15) is 13.2 Å². The molecule has 4 nitrogen and oxygen atoms in total. The summed E-state index contributed by atoms with van der Waals surface area (Å²) in [4.78, 5) is 13.7. The van der Waals surface area contributed by atoms with E-state index in [0.717, 1.165) is 12.1 Å². The third kappa shape index (κ3) is 3.93. The van der Waals surface area contributed by atoms with Crippen molar-refractivity contribution in [1.29, 1.82) is 0 Å². The Balaban J connectivity index is 2.87. The normalized spacial score (nSPS) is 11.2. The molecule has 0 aromatic carbocycles. The first-order valence-corrected chi connectivity index (χ1v) is 4.38. The Morgan fingerprint density at radius 1 is 1.50 bits per heavy atom. The van der Waals surface area contributed by atoms with Gasteiger partial charge in [0.15, 0.2) is 0 Å². The quantitative estimate of drug-likeness (QED) is 0.798. The lowest BCUT2D eigenvalue weighted by atomic mass is 10.2. The summed E-state index contributed by atoms with van der Waals surface area (Å²) in [5, 5.41) is 9.84. The van der Waals surface area contributed by atoms with Crippen LogP contribution in [0.2, 0.25) is 5.15 Å². The highest BCUT2D eigenvalue weighted by atomic mass is 35.5. The predicted molar refractivity (Wildman–Crippen MR) is 50.7 cm³/mol. The Labute approximate surface area is 93.1 Å². The van der Waals surface area contributed by atoms with Gasteiger partial charge in [-0.25, -0.2) is 9.78 Å². The number of alkyl halides is 3. The smallest absolute Gasteiger partial charge is 0.410 e. The molecular weight excluding hydrogens is 249 g/mol. The maximum atomic E-state index is 12.0. The fourth-order valence-corrected chi connectivity index (χ4v) is 1.21. The number of halogens is 4. The first-order chi connectivity index (χ1) is 7.28. The van der Waals surface area contributed by atoms with Gasteiger partial charge in [-0.1, -0.05) is 17.7 Å². The molecule has 8 heteroatoms. The van der Waals surface area contributed by atoms with Crippen molar-refractivity contribution in [2.45, 2.75) is 12.6 Å². The number of carboxylic acid groups (broad SMARTS) is 1. The zero-order valence-corrected chi connectivity index (χ0v) is 8.43. The minimum Gasteiger partial charge on any atom is -0.465 e. The van der Waals surface area contributed by atoms with E-state index < -0.39 is 18.7 Å². The van der Waals surface area contributed by atoms with Crippen LogP contribution in [-0.4, -0.2) is 22.4 Å². The van der Waals surface area contributed by atoms with Crippen LogP contribution in [-0.2, 0) is 6.42 Å². The number of aromatic nitrogens is 1. The molecule has 2 N–H and O–H groups in total. The molecule has 1 aromatic heterocycles. The molecule has 0 atom stereocenters. The average molecular weight is 255 g/mol. The number of hydrogen-bond donors (Lipinski definition) is 2. The van der Waals surface area contributed by atoms with Crippen molar-refractivity contribution in [1.82, 2.24) is 4.98 Å². The minimum atomic E-state index is -4.38. The summed E-state index contributed by atoms with van der Waals surface area (Å²) in [7, 11) is 0. The van der Waals surface area contributed by atoms with E-state index in [2.05, 4.69) is 4.98 Å². The highest BCUT2D eigenvalue weighted by molar-refractivity contribution is 6.30. The fraction of sp³-hybridized carbons (Fsp3) is 0.250. The van der Waals surface area contributed by atoms with E-state index in [1.54, 1.807) is 0 Å². The molecule has 0 bridgehead atoms. The molecule has 88 valence electrons. The summed E-state index contributed by atoms with van der Waals surface area (Å²) in [5.41, 5.74) is -0.204. The second-order valence-corrected chi connectivity index (χ2v) is 3.23. The van der Waals surface area contributed by atoms with E-state index in [1.807, 2.05) is 5.32 Å². The number of anilines is 1. The maximum absolute atomic E-state index is 12.0. The van der Waals surface area contributed by atoms with E-state index in [1.165, 1.54) is 0 Å². The van der Waals surface area contributed by atoms with Crippen LogP contribution < -0.4 is 5.32 Å². The third-order valence-electron chi connectivity index (χ3n) is 1.55. The van der Waals surface area contributed by atoms with Crippen LogP contribution in [0.4, 0.5) is 23.8 Å². The van der Waals surface area contributed by atoms with Crippen molar-refractivity contribution in [2.24, 2.45) is 0 Å². The van der Waals surface area contributed by atoms with E-state index in [9.17, 15) is 18.0 Å². The van der Waals surface area contributed by atoms with E-state index in [4.69, 9.17) is 16.7 Å². The van der Waals surface area contributed by atoms with Crippen LogP contribution in [0.5, 0.6) is 0 Å². The zero-order valence-electron chi connectivity index (χ0n) is 7.68. The number of pyridine rings is 1.